The number of carboxylic acids is 1. The van der Waals surface area contributed by atoms with Crippen molar-refractivity contribution in [3.05, 3.63) is 35.4 Å². The third-order valence-corrected chi connectivity index (χ3v) is 3.40. The van der Waals surface area contributed by atoms with Crippen LogP contribution in [0.25, 0.3) is 0 Å². The molecule has 1 aliphatic heterocycles. The van der Waals surface area contributed by atoms with E-state index in [1.165, 1.54) is 25.1 Å². The first-order valence-electron chi connectivity index (χ1n) is 5.99. The first-order chi connectivity index (χ1) is 9.66. The Bertz CT molecular complexity index is 587. The van der Waals surface area contributed by atoms with Crippen molar-refractivity contribution in [3.63, 3.8) is 0 Å². The Labute approximate surface area is 117 Å². The monoisotopic (exact) mass is 303 g/mol. The summed E-state index contributed by atoms with van der Waals surface area (Å²) < 4.78 is 43.4. The van der Waals surface area contributed by atoms with Gasteiger partial charge in [-0.1, -0.05) is 18.2 Å². The van der Waals surface area contributed by atoms with Crippen molar-refractivity contribution in [1.82, 2.24) is 4.90 Å². The number of carboxylic acid groups (broad SMARTS) is 1. The van der Waals surface area contributed by atoms with E-state index in [2.05, 4.69) is 4.74 Å². The minimum absolute atomic E-state index is 0.184. The number of carbonyl (C=O) groups excluding carboxylic acids is 1. The van der Waals surface area contributed by atoms with E-state index >= 15 is 0 Å². The molecule has 114 valence electrons. The highest BCUT2D eigenvalue weighted by atomic mass is 19.4. The van der Waals surface area contributed by atoms with E-state index in [1.54, 1.807) is 0 Å². The maximum Gasteiger partial charge on any atom is 0.416 e. The first kappa shape index (κ1) is 15.1. The number of alkyl halides is 3. The highest BCUT2D eigenvalue weighted by molar-refractivity contribution is 5.86. The average molecular weight is 303 g/mol. The molecular weight excluding hydrogens is 291 g/mol. The molecule has 5 nitrogen and oxygen atoms in total. The maximum absolute atomic E-state index is 12.9. The second-order valence-electron chi connectivity index (χ2n) is 4.87. The number of carbonyl (C=O) groups is 2. The summed E-state index contributed by atoms with van der Waals surface area (Å²) in [5, 5.41) is 9.17. The van der Waals surface area contributed by atoms with Gasteiger partial charge in [0.2, 0.25) is 0 Å². The van der Waals surface area contributed by atoms with Crippen molar-refractivity contribution < 1.29 is 32.6 Å². The summed E-state index contributed by atoms with van der Waals surface area (Å²) in [7, 11) is 0. The Morgan fingerprint density at radius 2 is 2.05 bits per heavy atom. The van der Waals surface area contributed by atoms with Crippen molar-refractivity contribution in [2.45, 2.75) is 25.2 Å². The van der Waals surface area contributed by atoms with Crippen molar-refractivity contribution in [3.8, 4) is 0 Å². The number of hydrogen-bond acceptors (Lipinski definition) is 3. The van der Waals surface area contributed by atoms with E-state index < -0.39 is 42.5 Å². The van der Waals surface area contributed by atoms with Crippen LogP contribution < -0.4 is 0 Å². The molecule has 1 N–H and O–H groups in total. The van der Waals surface area contributed by atoms with E-state index in [-0.39, 0.29) is 5.56 Å². The van der Waals surface area contributed by atoms with Gasteiger partial charge >= 0.3 is 18.2 Å². The van der Waals surface area contributed by atoms with Crippen LogP contribution >= 0.6 is 0 Å². The SMILES string of the molecule is CC1(C(=O)O)COC(=O)N1Cc1ccccc1C(F)(F)F. The van der Waals surface area contributed by atoms with Crippen molar-refractivity contribution in [1.29, 1.82) is 0 Å². The number of benzene rings is 1. The second kappa shape index (κ2) is 4.94. The zero-order chi connectivity index (χ0) is 15.8. The van der Waals surface area contributed by atoms with Crippen LogP contribution in [-0.4, -0.2) is 34.2 Å². The molecule has 1 unspecified atom stereocenters. The number of aliphatic carboxylic acids is 1. The molecule has 8 heteroatoms. The van der Waals surface area contributed by atoms with Crippen LogP contribution in [0.2, 0.25) is 0 Å². The summed E-state index contributed by atoms with van der Waals surface area (Å²) in [5.41, 5.74) is -2.77. The van der Waals surface area contributed by atoms with Gasteiger partial charge in [-0.05, 0) is 18.6 Å². The number of rotatable bonds is 3. The van der Waals surface area contributed by atoms with E-state index in [9.17, 15) is 27.9 Å². The molecule has 0 spiro atoms. The summed E-state index contributed by atoms with van der Waals surface area (Å²) in [5.74, 6) is -1.34. The van der Waals surface area contributed by atoms with Crippen LogP contribution in [-0.2, 0) is 22.3 Å². The van der Waals surface area contributed by atoms with Gasteiger partial charge in [0, 0.05) is 0 Å². The Hall–Kier alpha value is -2.25. The molecular formula is C13H12F3NO4. The number of nitrogens with zero attached hydrogens (tertiary/aromatic N) is 1. The van der Waals surface area contributed by atoms with Crippen LogP contribution in [0.5, 0.6) is 0 Å². The Balaban J connectivity index is 2.38. The fourth-order valence-electron chi connectivity index (χ4n) is 2.08. The fourth-order valence-corrected chi connectivity index (χ4v) is 2.08. The number of amides is 1. The quantitative estimate of drug-likeness (QED) is 0.931. The molecule has 1 saturated heterocycles. The summed E-state index contributed by atoms with van der Waals surface area (Å²) >= 11 is 0. The predicted molar refractivity (Wildman–Crippen MR) is 64.4 cm³/mol. The molecule has 21 heavy (non-hydrogen) atoms. The molecule has 0 aromatic heterocycles. The standard InChI is InChI=1S/C13H12F3NO4/c1-12(10(18)19)7-21-11(20)17(12)6-8-4-2-3-5-9(8)13(14,15)16/h2-5H,6-7H2,1H3,(H,18,19). The molecule has 0 saturated carbocycles. The number of hydrogen-bond donors (Lipinski definition) is 1. The molecule has 0 bridgehead atoms. The Morgan fingerprint density at radius 3 is 2.62 bits per heavy atom. The van der Waals surface area contributed by atoms with Gasteiger partial charge in [0.15, 0.2) is 5.54 Å². The van der Waals surface area contributed by atoms with Gasteiger partial charge in [-0.3, -0.25) is 4.90 Å². The van der Waals surface area contributed by atoms with Crippen LogP contribution in [0.15, 0.2) is 24.3 Å². The second-order valence-corrected chi connectivity index (χ2v) is 4.87. The van der Waals surface area contributed by atoms with Crippen LogP contribution in [0.3, 0.4) is 0 Å². The first-order valence-corrected chi connectivity index (χ1v) is 5.99. The van der Waals surface area contributed by atoms with Gasteiger partial charge in [-0.25, -0.2) is 9.59 Å². The van der Waals surface area contributed by atoms with E-state index in [4.69, 9.17) is 0 Å². The molecule has 1 aliphatic rings. The average Bonchev–Trinajstić information content (AvgIpc) is 2.68. The van der Waals surface area contributed by atoms with Gasteiger partial charge in [-0.2, -0.15) is 13.2 Å². The third-order valence-electron chi connectivity index (χ3n) is 3.40. The van der Waals surface area contributed by atoms with Crippen LogP contribution in [0.1, 0.15) is 18.1 Å². The van der Waals surface area contributed by atoms with E-state index in [0.29, 0.717) is 0 Å². The molecule has 0 radical (unpaired) electrons. The molecule has 1 amide bonds. The molecule has 1 fully saturated rings. The third kappa shape index (κ3) is 2.65. The number of ether oxygens (including phenoxy) is 1. The summed E-state index contributed by atoms with van der Waals surface area (Å²) in [4.78, 5) is 23.7. The zero-order valence-corrected chi connectivity index (χ0v) is 11.0. The van der Waals surface area contributed by atoms with Gasteiger partial charge in [0.05, 0.1) is 12.1 Å². The molecule has 1 heterocycles. The lowest BCUT2D eigenvalue weighted by Crippen LogP contribution is -2.50. The lowest BCUT2D eigenvalue weighted by atomic mass is 10.0. The minimum atomic E-state index is -4.58. The van der Waals surface area contributed by atoms with Crippen LogP contribution in [0.4, 0.5) is 18.0 Å². The van der Waals surface area contributed by atoms with E-state index in [1.807, 2.05) is 0 Å². The summed E-state index contributed by atoms with van der Waals surface area (Å²) in [6.45, 7) is 0.336. The van der Waals surface area contributed by atoms with Gasteiger partial charge in [-0.15, -0.1) is 0 Å². The predicted octanol–water partition coefficient (Wildman–Crippen LogP) is 2.50. The van der Waals surface area contributed by atoms with E-state index in [0.717, 1.165) is 11.0 Å². The Kier molecular flexibility index (Phi) is 3.56. The smallest absolute Gasteiger partial charge is 0.416 e. The van der Waals surface area contributed by atoms with Gasteiger partial charge in [0.1, 0.15) is 6.61 Å². The lowest BCUT2D eigenvalue weighted by molar-refractivity contribution is -0.147. The molecule has 2 rings (SSSR count). The van der Waals surface area contributed by atoms with Gasteiger partial charge in [0.25, 0.3) is 0 Å². The molecule has 1 aromatic rings. The van der Waals surface area contributed by atoms with Gasteiger partial charge < -0.3 is 9.84 Å². The normalized spacial score (nSPS) is 22.3. The topological polar surface area (TPSA) is 66.8 Å². The van der Waals surface area contributed by atoms with Crippen molar-refractivity contribution in [2.75, 3.05) is 6.61 Å². The zero-order valence-electron chi connectivity index (χ0n) is 11.0. The highest BCUT2D eigenvalue weighted by Crippen LogP contribution is 2.34. The van der Waals surface area contributed by atoms with Crippen molar-refractivity contribution >= 4 is 12.1 Å². The largest absolute Gasteiger partial charge is 0.479 e. The fraction of sp³-hybridized carbons (Fsp3) is 0.385. The summed E-state index contributed by atoms with van der Waals surface area (Å²) in [6, 6.07) is 4.71. The number of cyclic esters (lactones) is 1. The molecule has 0 aliphatic carbocycles. The summed E-state index contributed by atoms with van der Waals surface area (Å²) in [6.07, 6.45) is -5.53. The Morgan fingerprint density at radius 1 is 1.43 bits per heavy atom. The minimum Gasteiger partial charge on any atom is -0.479 e. The highest BCUT2D eigenvalue weighted by Gasteiger charge is 2.50. The van der Waals surface area contributed by atoms with Crippen LogP contribution in [0, 0.1) is 0 Å². The molecule has 1 atom stereocenters. The number of halogens is 3. The van der Waals surface area contributed by atoms with Crippen molar-refractivity contribution in [2.24, 2.45) is 0 Å². The lowest BCUT2D eigenvalue weighted by Gasteiger charge is -2.28. The maximum atomic E-state index is 12.9. The molecule has 1 aromatic carbocycles.